The van der Waals surface area contributed by atoms with Gasteiger partial charge in [0.2, 0.25) is 0 Å². The molecule has 2 aromatic carbocycles. The van der Waals surface area contributed by atoms with Crippen molar-refractivity contribution in [2.24, 2.45) is 0 Å². The lowest BCUT2D eigenvalue weighted by Crippen LogP contribution is -2.26. The van der Waals surface area contributed by atoms with E-state index in [2.05, 4.69) is 21.0 Å². The lowest BCUT2D eigenvalue weighted by Gasteiger charge is -2.10. The van der Waals surface area contributed by atoms with Gasteiger partial charge in [0.1, 0.15) is 5.69 Å². The minimum Gasteiger partial charge on any atom is -0.341 e. The van der Waals surface area contributed by atoms with Gasteiger partial charge in [-0.15, -0.1) is 0 Å². The Morgan fingerprint density at radius 2 is 1.64 bits per heavy atom. The molecule has 142 valence electrons. The van der Waals surface area contributed by atoms with Gasteiger partial charge in [-0.25, -0.2) is 9.48 Å². The highest BCUT2D eigenvalue weighted by Crippen LogP contribution is 2.15. The van der Waals surface area contributed by atoms with Crippen molar-refractivity contribution in [2.75, 3.05) is 17.7 Å². The summed E-state index contributed by atoms with van der Waals surface area (Å²) in [5.74, 6) is -0.459. The number of hydrogen-bond donors (Lipinski definition) is 3. The SMILES string of the molecule is CNC(=O)Nc1cccc(NC(=O)c2ccc(=O)n(Cc3ccccc3)n2)c1. The van der Waals surface area contributed by atoms with Gasteiger partial charge in [-0.05, 0) is 29.8 Å². The maximum absolute atomic E-state index is 12.5. The molecular weight excluding hydrogens is 358 g/mol. The van der Waals surface area contributed by atoms with Crippen molar-refractivity contribution >= 4 is 23.3 Å². The molecular formula is C20H19N5O3. The lowest BCUT2D eigenvalue weighted by molar-refractivity contribution is 0.102. The number of carbonyl (C=O) groups is 2. The zero-order chi connectivity index (χ0) is 19.9. The summed E-state index contributed by atoms with van der Waals surface area (Å²) in [5, 5.41) is 11.9. The van der Waals surface area contributed by atoms with E-state index in [0.717, 1.165) is 5.56 Å². The second-order valence-electron chi connectivity index (χ2n) is 5.94. The summed E-state index contributed by atoms with van der Waals surface area (Å²) >= 11 is 0. The summed E-state index contributed by atoms with van der Waals surface area (Å²) in [6, 6.07) is 18.4. The van der Waals surface area contributed by atoms with Gasteiger partial charge in [-0.3, -0.25) is 9.59 Å². The van der Waals surface area contributed by atoms with E-state index < -0.39 is 5.91 Å². The number of carbonyl (C=O) groups excluding carboxylic acids is 2. The van der Waals surface area contributed by atoms with Crippen LogP contribution in [0.15, 0.2) is 71.5 Å². The summed E-state index contributed by atoms with van der Waals surface area (Å²) < 4.78 is 1.24. The van der Waals surface area contributed by atoms with Crippen LogP contribution < -0.4 is 21.5 Å². The minimum absolute atomic E-state index is 0.111. The molecule has 0 aliphatic heterocycles. The number of anilines is 2. The zero-order valence-electron chi connectivity index (χ0n) is 15.2. The Labute approximate surface area is 161 Å². The second-order valence-corrected chi connectivity index (χ2v) is 5.94. The first-order chi connectivity index (χ1) is 13.5. The second kappa shape index (κ2) is 8.63. The molecule has 0 radical (unpaired) electrons. The number of rotatable bonds is 5. The summed E-state index contributed by atoms with van der Waals surface area (Å²) in [6.07, 6.45) is 0. The van der Waals surface area contributed by atoms with Crippen LogP contribution in [0.4, 0.5) is 16.2 Å². The van der Waals surface area contributed by atoms with Crippen molar-refractivity contribution in [1.82, 2.24) is 15.1 Å². The van der Waals surface area contributed by atoms with Crippen molar-refractivity contribution in [3.63, 3.8) is 0 Å². The standard InChI is InChI=1S/C20H19N5O3/c1-21-20(28)23-16-9-5-8-15(12-16)22-19(27)17-10-11-18(26)25(24-17)13-14-6-3-2-4-7-14/h2-12H,13H2,1H3,(H,22,27)(H2,21,23,28). The molecule has 8 nitrogen and oxygen atoms in total. The Morgan fingerprint density at radius 1 is 0.929 bits per heavy atom. The smallest absolute Gasteiger partial charge is 0.318 e. The Hall–Kier alpha value is -3.94. The number of aromatic nitrogens is 2. The topological polar surface area (TPSA) is 105 Å². The number of nitrogens with one attached hydrogen (secondary N) is 3. The number of nitrogens with zero attached hydrogens (tertiary/aromatic N) is 2. The third-order valence-electron chi connectivity index (χ3n) is 3.88. The Bertz CT molecular complexity index is 1050. The third-order valence-corrected chi connectivity index (χ3v) is 3.88. The van der Waals surface area contributed by atoms with E-state index in [1.54, 1.807) is 24.3 Å². The first kappa shape index (κ1) is 18.8. The van der Waals surface area contributed by atoms with Crippen LogP contribution in [0.5, 0.6) is 0 Å². The molecule has 0 unspecified atom stereocenters. The molecule has 28 heavy (non-hydrogen) atoms. The first-order valence-electron chi connectivity index (χ1n) is 8.57. The number of benzene rings is 2. The van der Waals surface area contributed by atoms with Gasteiger partial charge < -0.3 is 16.0 Å². The van der Waals surface area contributed by atoms with Gasteiger partial charge >= 0.3 is 6.03 Å². The van der Waals surface area contributed by atoms with Crippen molar-refractivity contribution in [3.05, 3.63) is 88.3 Å². The summed E-state index contributed by atoms with van der Waals surface area (Å²) in [4.78, 5) is 36.0. The van der Waals surface area contributed by atoms with Crippen LogP contribution in [0.3, 0.4) is 0 Å². The predicted molar refractivity (Wildman–Crippen MR) is 107 cm³/mol. The van der Waals surface area contributed by atoms with Crippen LogP contribution >= 0.6 is 0 Å². The van der Waals surface area contributed by atoms with Gasteiger partial charge in [0.15, 0.2) is 0 Å². The summed E-state index contributed by atoms with van der Waals surface area (Å²) in [7, 11) is 1.51. The average Bonchev–Trinajstić information content (AvgIpc) is 2.70. The fourth-order valence-electron chi connectivity index (χ4n) is 2.50. The van der Waals surface area contributed by atoms with E-state index in [1.807, 2.05) is 30.3 Å². The van der Waals surface area contributed by atoms with E-state index in [1.165, 1.54) is 23.9 Å². The molecule has 1 aromatic heterocycles. The predicted octanol–water partition coefficient (Wildman–Crippen LogP) is 2.30. The van der Waals surface area contributed by atoms with Crippen molar-refractivity contribution < 1.29 is 9.59 Å². The highest BCUT2D eigenvalue weighted by molar-refractivity contribution is 6.03. The van der Waals surface area contributed by atoms with Gasteiger partial charge in [-0.2, -0.15) is 5.10 Å². The van der Waals surface area contributed by atoms with Crippen LogP contribution in [-0.4, -0.2) is 28.8 Å². The molecule has 0 bridgehead atoms. The molecule has 3 rings (SSSR count). The highest BCUT2D eigenvalue weighted by atomic mass is 16.2. The maximum Gasteiger partial charge on any atom is 0.318 e. The quantitative estimate of drug-likeness (QED) is 0.634. The van der Waals surface area contributed by atoms with E-state index in [-0.39, 0.29) is 23.8 Å². The molecule has 3 amide bonds. The minimum atomic E-state index is -0.459. The molecule has 0 aliphatic rings. The zero-order valence-corrected chi connectivity index (χ0v) is 15.2. The molecule has 1 heterocycles. The van der Waals surface area contributed by atoms with E-state index in [4.69, 9.17) is 0 Å². The fraction of sp³-hybridized carbons (Fsp3) is 0.100. The fourth-order valence-corrected chi connectivity index (χ4v) is 2.50. The van der Waals surface area contributed by atoms with Crippen LogP contribution in [0, 0.1) is 0 Å². The Morgan fingerprint density at radius 3 is 2.36 bits per heavy atom. The van der Waals surface area contributed by atoms with E-state index >= 15 is 0 Å². The first-order valence-corrected chi connectivity index (χ1v) is 8.57. The molecule has 3 N–H and O–H groups in total. The van der Waals surface area contributed by atoms with Gasteiger partial charge in [0.05, 0.1) is 6.54 Å². The largest absolute Gasteiger partial charge is 0.341 e. The van der Waals surface area contributed by atoms with Crippen LogP contribution in [0.25, 0.3) is 0 Å². The Balaban J connectivity index is 1.76. The van der Waals surface area contributed by atoms with Gasteiger partial charge in [0, 0.05) is 24.5 Å². The lowest BCUT2D eigenvalue weighted by atomic mass is 10.2. The Kier molecular flexibility index (Phi) is 5.81. The van der Waals surface area contributed by atoms with E-state index in [0.29, 0.717) is 11.4 Å². The molecule has 0 saturated heterocycles. The average molecular weight is 377 g/mol. The monoisotopic (exact) mass is 377 g/mol. The number of urea groups is 1. The van der Waals surface area contributed by atoms with Crippen molar-refractivity contribution in [1.29, 1.82) is 0 Å². The van der Waals surface area contributed by atoms with Crippen LogP contribution in [-0.2, 0) is 6.54 Å². The van der Waals surface area contributed by atoms with Crippen LogP contribution in [0.1, 0.15) is 16.1 Å². The molecule has 0 atom stereocenters. The molecule has 0 spiro atoms. The van der Waals surface area contributed by atoms with E-state index in [9.17, 15) is 14.4 Å². The van der Waals surface area contributed by atoms with Crippen LogP contribution in [0.2, 0.25) is 0 Å². The molecule has 0 saturated carbocycles. The van der Waals surface area contributed by atoms with Crippen molar-refractivity contribution in [3.8, 4) is 0 Å². The summed E-state index contributed by atoms with van der Waals surface area (Å²) in [6.45, 7) is 0.270. The maximum atomic E-state index is 12.5. The normalized spacial score (nSPS) is 10.2. The molecule has 3 aromatic rings. The number of amides is 3. The number of hydrogen-bond acceptors (Lipinski definition) is 4. The highest BCUT2D eigenvalue weighted by Gasteiger charge is 2.11. The molecule has 0 aliphatic carbocycles. The van der Waals surface area contributed by atoms with Crippen molar-refractivity contribution in [2.45, 2.75) is 6.54 Å². The molecule has 8 heteroatoms. The molecule has 0 fully saturated rings. The third kappa shape index (κ3) is 4.82. The van der Waals surface area contributed by atoms with Gasteiger partial charge in [0.25, 0.3) is 11.5 Å². The van der Waals surface area contributed by atoms with Gasteiger partial charge in [-0.1, -0.05) is 36.4 Å². The summed E-state index contributed by atoms with van der Waals surface area (Å²) in [5.41, 5.74) is 1.74.